The molecule has 8 nitrogen and oxygen atoms in total. The molecule has 3 aromatic heterocycles. The van der Waals surface area contributed by atoms with E-state index in [-0.39, 0.29) is 17.9 Å². The van der Waals surface area contributed by atoms with Crippen LogP contribution in [0.2, 0.25) is 0 Å². The standard InChI is InChI=1S/C13H11N5O3/c14-11-9(13(19)16-6-8-3-4-17-21-8)7-15-12(18-11)10-2-1-5-20-10/h1-5,7H,6H2,(H,16,19)(H2,14,15,18). The molecule has 0 fully saturated rings. The molecule has 0 bridgehead atoms. The number of aromatic nitrogens is 3. The quantitative estimate of drug-likeness (QED) is 0.739. The Hall–Kier alpha value is -3.16. The predicted octanol–water partition coefficient (Wildman–Crippen LogP) is 1.24. The smallest absolute Gasteiger partial charge is 0.256 e. The molecule has 21 heavy (non-hydrogen) atoms. The molecule has 3 heterocycles. The molecule has 3 rings (SSSR count). The zero-order chi connectivity index (χ0) is 14.7. The SMILES string of the molecule is Nc1nc(-c2ccco2)ncc1C(=O)NCc1ccno1. The monoisotopic (exact) mass is 285 g/mol. The van der Waals surface area contributed by atoms with Crippen LogP contribution in [0.4, 0.5) is 5.82 Å². The third kappa shape index (κ3) is 2.73. The van der Waals surface area contributed by atoms with Gasteiger partial charge in [0.15, 0.2) is 17.3 Å². The second-order valence-corrected chi connectivity index (χ2v) is 4.13. The van der Waals surface area contributed by atoms with Gasteiger partial charge in [-0.25, -0.2) is 9.97 Å². The molecular formula is C13H11N5O3. The molecular weight excluding hydrogens is 274 g/mol. The summed E-state index contributed by atoms with van der Waals surface area (Å²) in [7, 11) is 0. The summed E-state index contributed by atoms with van der Waals surface area (Å²) < 4.78 is 10.0. The van der Waals surface area contributed by atoms with Crippen LogP contribution in [0.15, 0.2) is 45.8 Å². The van der Waals surface area contributed by atoms with Gasteiger partial charge in [0.25, 0.3) is 5.91 Å². The van der Waals surface area contributed by atoms with Crippen molar-refractivity contribution in [2.45, 2.75) is 6.54 Å². The number of nitrogens with zero attached hydrogens (tertiary/aromatic N) is 3. The summed E-state index contributed by atoms with van der Waals surface area (Å²) in [6, 6.07) is 5.07. The van der Waals surface area contributed by atoms with Gasteiger partial charge in [-0.2, -0.15) is 0 Å². The van der Waals surface area contributed by atoms with E-state index in [0.717, 1.165) is 0 Å². The fourth-order valence-electron chi connectivity index (χ4n) is 1.69. The molecule has 106 valence electrons. The Bertz CT molecular complexity index is 737. The summed E-state index contributed by atoms with van der Waals surface area (Å²) in [5.41, 5.74) is 5.97. The molecule has 0 saturated heterocycles. The summed E-state index contributed by atoms with van der Waals surface area (Å²) in [6.07, 6.45) is 4.36. The maximum atomic E-state index is 12.0. The van der Waals surface area contributed by atoms with E-state index in [2.05, 4.69) is 20.4 Å². The molecule has 0 saturated carbocycles. The largest absolute Gasteiger partial charge is 0.461 e. The van der Waals surface area contributed by atoms with Crippen molar-refractivity contribution < 1.29 is 13.7 Å². The van der Waals surface area contributed by atoms with Crippen LogP contribution >= 0.6 is 0 Å². The third-order valence-corrected chi connectivity index (χ3v) is 2.72. The average Bonchev–Trinajstić information content (AvgIpc) is 3.18. The highest BCUT2D eigenvalue weighted by Crippen LogP contribution is 2.17. The van der Waals surface area contributed by atoms with Gasteiger partial charge in [0.2, 0.25) is 0 Å². The maximum Gasteiger partial charge on any atom is 0.256 e. The first-order valence-corrected chi connectivity index (χ1v) is 6.08. The molecule has 0 aliphatic carbocycles. The van der Waals surface area contributed by atoms with E-state index < -0.39 is 5.91 Å². The van der Waals surface area contributed by atoms with Gasteiger partial charge in [-0.05, 0) is 12.1 Å². The number of rotatable bonds is 4. The molecule has 0 radical (unpaired) electrons. The highest BCUT2D eigenvalue weighted by molar-refractivity contribution is 5.98. The predicted molar refractivity (Wildman–Crippen MR) is 71.8 cm³/mol. The zero-order valence-corrected chi connectivity index (χ0v) is 10.8. The molecule has 0 aliphatic heterocycles. The lowest BCUT2D eigenvalue weighted by Crippen LogP contribution is -2.24. The van der Waals surface area contributed by atoms with Gasteiger partial charge in [0.1, 0.15) is 5.82 Å². The Balaban J connectivity index is 1.74. The lowest BCUT2D eigenvalue weighted by Gasteiger charge is -2.06. The molecule has 0 spiro atoms. The van der Waals surface area contributed by atoms with Gasteiger partial charge in [0, 0.05) is 12.3 Å². The number of hydrogen-bond acceptors (Lipinski definition) is 7. The minimum Gasteiger partial charge on any atom is -0.461 e. The Morgan fingerprint density at radius 1 is 1.38 bits per heavy atom. The van der Waals surface area contributed by atoms with Gasteiger partial charge in [-0.3, -0.25) is 4.79 Å². The summed E-state index contributed by atoms with van der Waals surface area (Å²) in [5.74, 6) is 1.02. The molecule has 0 unspecified atom stereocenters. The average molecular weight is 285 g/mol. The van der Waals surface area contributed by atoms with Crippen molar-refractivity contribution in [1.82, 2.24) is 20.4 Å². The summed E-state index contributed by atoms with van der Waals surface area (Å²) in [6.45, 7) is 0.207. The highest BCUT2D eigenvalue weighted by atomic mass is 16.5. The van der Waals surface area contributed by atoms with E-state index in [1.54, 1.807) is 18.2 Å². The fraction of sp³-hybridized carbons (Fsp3) is 0.0769. The van der Waals surface area contributed by atoms with Gasteiger partial charge in [-0.15, -0.1) is 0 Å². The van der Waals surface area contributed by atoms with Crippen molar-refractivity contribution in [1.29, 1.82) is 0 Å². The maximum absolute atomic E-state index is 12.0. The van der Waals surface area contributed by atoms with Crippen LogP contribution in [0.1, 0.15) is 16.1 Å². The molecule has 0 aliphatic rings. The van der Waals surface area contributed by atoms with Crippen molar-refractivity contribution in [3.8, 4) is 11.6 Å². The minimum atomic E-state index is -0.394. The van der Waals surface area contributed by atoms with Crippen molar-refractivity contribution in [3.05, 3.63) is 48.2 Å². The number of nitrogens with two attached hydrogens (primary N) is 1. The number of amides is 1. The number of carbonyl (C=O) groups excluding carboxylic acids is 1. The highest BCUT2D eigenvalue weighted by Gasteiger charge is 2.14. The number of nitrogens with one attached hydrogen (secondary N) is 1. The van der Waals surface area contributed by atoms with Crippen LogP contribution < -0.4 is 11.1 Å². The van der Waals surface area contributed by atoms with Crippen LogP contribution in [0.3, 0.4) is 0 Å². The molecule has 0 aromatic carbocycles. The zero-order valence-electron chi connectivity index (χ0n) is 10.8. The normalized spacial score (nSPS) is 10.5. The summed E-state index contributed by atoms with van der Waals surface area (Å²) >= 11 is 0. The van der Waals surface area contributed by atoms with E-state index in [4.69, 9.17) is 14.7 Å². The van der Waals surface area contributed by atoms with Crippen LogP contribution in [0, 0.1) is 0 Å². The summed E-state index contributed by atoms with van der Waals surface area (Å²) in [5, 5.41) is 6.18. The Kier molecular flexibility index (Phi) is 3.34. The van der Waals surface area contributed by atoms with Gasteiger partial charge >= 0.3 is 0 Å². The number of carbonyl (C=O) groups is 1. The molecule has 3 aromatic rings. The van der Waals surface area contributed by atoms with Gasteiger partial charge in [0.05, 0.1) is 24.6 Å². The van der Waals surface area contributed by atoms with Crippen molar-refractivity contribution in [2.24, 2.45) is 0 Å². The second-order valence-electron chi connectivity index (χ2n) is 4.13. The van der Waals surface area contributed by atoms with Crippen LogP contribution in [0.25, 0.3) is 11.6 Å². The minimum absolute atomic E-state index is 0.0754. The first kappa shape index (κ1) is 12.9. The van der Waals surface area contributed by atoms with E-state index in [9.17, 15) is 4.79 Å². The molecule has 0 atom stereocenters. The van der Waals surface area contributed by atoms with E-state index in [1.165, 1.54) is 18.7 Å². The first-order valence-electron chi connectivity index (χ1n) is 6.08. The second kappa shape index (κ2) is 5.45. The number of nitrogen functional groups attached to an aromatic ring is 1. The first-order chi connectivity index (χ1) is 10.2. The lowest BCUT2D eigenvalue weighted by molar-refractivity contribution is 0.0947. The number of hydrogen-bond donors (Lipinski definition) is 2. The van der Waals surface area contributed by atoms with Crippen molar-refractivity contribution >= 4 is 11.7 Å². The Labute approximate surface area is 119 Å². The molecule has 3 N–H and O–H groups in total. The van der Waals surface area contributed by atoms with Crippen molar-refractivity contribution in [3.63, 3.8) is 0 Å². The Morgan fingerprint density at radius 3 is 2.95 bits per heavy atom. The van der Waals surface area contributed by atoms with E-state index in [0.29, 0.717) is 17.3 Å². The van der Waals surface area contributed by atoms with Crippen LogP contribution in [0.5, 0.6) is 0 Å². The fourth-order valence-corrected chi connectivity index (χ4v) is 1.69. The molecule has 8 heteroatoms. The van der Waals surface area contributed by atoms with Gasteiger partial charge in [-0.1, -0.05) is 5.16 Å². The van der Waals surface area contributed by atoms with Crippen molar-refractivity contribution in [2.75, 3.05) is 5.73 Å². The Morgan fingerprint density at radius 2 is 2.29 bits per heavy atom. The third-order valence-electron chi connectivity index (χ3n) is 2.72. The van der Waals surface area contributed by atoms with E-state index in [1.807, 2.05) is 0 Å². The topological polar surface area (TPSA) is 120 Å². The van der Waals surface area contributed by atoms with Crippen LogP contribution in [-0.2, 0) is 6.54 Å². The van der Waals surface area contributed by atoms with E-state index >= 15 is 0 Å². The van der Waals surface area contributed by atoms with Crippen LogP contribution in [-0.4, -0.2) is 21.0 Å². The van der Waals surface area contributed by atoms with Gasteiger partial charge < -0.3 is 20.0 Å². The number of furan rings is 1. The molecule has 1 amide bonds. The summed E-state index contributed by atoms with van der Waals surface area (Å²) in [4.78, 5) is 20.1. The lowest BCUT2D eigenvalue weighted by atomic mass is 10.2. The number of anilines is 1.